The van der Waals surface area contributed by atoms with Crippen molar-refractivity contribution in [3.8, 4) is 0 Å². The number of unbranched alkanes of at least 4 members (excludes halogenated alkanes) is 3. The summed E-state index contributed by atoms with van der Waals surface area (Å²) in [5, 5.41) is 9.37. The molecule has 12 nitrogen and oxygen atoms in total. The number of hydrogen-bond donors (Lipinski definition) is 4. The SMILES string of the molecule is CC(C)(C)OC(=O)NCC(=O)N1CCCC1C(N)=O.CCCCC/C=C\C1CC1C(=O)NS(=O)(=O)C1(C)CC1.CO. The van der Waals surface area contributed by atoms with Crippen LogP contribution in [0.4, 0.5) is 4.79 Å². The van der Waals surface area contributed by atoms with E-state index in [2.05, 4.69) is 29.1 Å². The van der Waals surface area contributed by atoms with Gasteiger partial charge in [-0.2, -0.15) is 0 Å². The van der Waals surface area contributed by atoms with Gasteiger partial charge in [-0.3, -0.25) is 19.1 Å². The summed E-state index contributed by atoms with van der Waals surface area (Å²) in [5.41, 5.74) is 4.61. The summed E-state index contributed by atoms with van der Waals surface area (Å²) in [4.78, 5) is 47.8. The fourth-order valence-corrected chi connectivity index (χ4v) is 5.51. The van der Waals surface area contributed by atoms with E-state index >= 15 is 0 Å². The standard InChI is InChI=1S/C15H25NO3S.C12H21N3O4.CH4O/c1-3-4-5-6-7-8-12-11-13(12)14(17)16-20(18,19)15(2)9-10-15;1-12(2,3)19-11(18)14-7-9(16)15-6-4-5-8(15)10(13)17;1-2/h7-8,12-13H,3-6,9-11H2,1-2H3,(H,16,17);8H,4-7H2,1-3H3,(H2,13,17)(H,14,18);2H,1H3/b8-7-;;. The molecule has 0 aromatic carbocycles. The van der Waals surface area contributed by atoms with Crippen LogP contribution >= 0.6 is 0 Å². The number of aliphatic hydroxyl groups is 1. The Kier molecular flexibility index (Phi) is 14.3. The molecule has 2 aliphatic carbocycles. The second kappa shape index (κ2) is 16.1. The molecule has 3 aliphatic rings. The van der Waals surface area contributed by atoms with Crippen LogP contribution in [0.15, 0.2) is 12.2 Å². The summed E-state index contributed by atoms with van der Waals surface area (Å²) in [6, 6.07) is -0.562. The number of nitrogens with zero attached hydrogens (tertiary/aromatic N) is 1. The maximum absolute atomic E-state index is 11.9. The van der Waals surface area contributed by atoms with Gasteiger partial charge in [0, 0.05) is 19.6 Å². The molecule has 0 aromatic rings. The van der Waals surface area contributed by atoms with Crippen molar-refractivity contribution in [3.63, 3.8) is 0 Å². The lowest BCUT2D eigenvalue weighted by Gasteiger charge is -2.23. The van der Waals surface area contributed by atoms with Crippen LogP contribution in [-0.2, 0) is 29.1 Å². The van der Waals surface area contributed by atoms with Gasteiger partial charge < -0.3 is 25.8 Å². The van der Waals surface area contributed by atoms with Crippen molar-refractivity contribution < 1.29 is 37.4 Å². The van der Waals surface area contributed by atoms with E-state index in [0.717, 1.165) is 26.4 Å². The van der Waals surface area contributed by atoms with Crippen LogP contribution < -0.4 is 15.8 Å². The molecule has 4 amide bonds. The highest BCUT2D eigenvalue weighted by Crippen LogP contribution is 2.44. The molecule has 1 heterocycles. The highest BCUT2D eigenvalue weighted by atomic mass is 32.2. The van der Waals surface area contributed by atoms with E-state index in [1.807, 2.05) is 0 Å². The second-order valence-electron chi connectivity index (χ2n) is 11.9. The van der Waals surface area contributed by atoms with Crippen molar-refractivity contribution >= 4 is 33.8 Å². The number of rotatable bonds is 11. The van der Waals surface area contributed by atoms with E-state index in [0.29, 0.717) is 25.8 Å². The molecule has 3 fully saturated rings. The fraction of sp³-hybridized carbons (Fsp3) is 0.786. The first kappa shape index (κ1) is 36.4. The van der Waals surface area contributed by atoms with Crippen molar-refractivity contribution in [2.75, 3.05) is 20.2 Å². The largest absolute Gasteiger partial charge is 0.444 e. The van der Waals surface area contributed by atoms with Gasteiger partial charge in [-0.05, 0) is 78.6 Å². The number of nitrogens with one attached hydrogen (secondary N) is 2. The van der Waals surface area contributed by atoms with Crippen molar-refractivity contribution in [1.82, 2.24) is 14.9 Å². The zero-order valence-electron chi connectivity index (χ0n) is 25.4. The number of carbonyl (C=O) groups is 4. The summed E-state index contributed by atoms with van der Waals surface area (Å²) in [6.07, 6.45) is 11.6. The maximum atomic E-state index is 11.9. The van der Waals surface area contributed by atoms with Gasteiger partial charge in [0.15, 0.2) is 0 Å². The van der Waals surface area contributed by atoms with Gasteiger partial charge in [0.1, 0.15) is 18.2 Å². The van der Waals surface area contributed by atoms with Crippen LogP contribution in [0, 0.1) is 11.8 Å². The van der Waals surface area contributed by atoms with E-state index in [1.165, 1.54) is 24.2 Å². The van der Waals surface area contributed by atoms with Gasteiger partial charge >= 0.3 is 6.09 Å². The normalized spacial score (nSPS) is 22.4. The minimum absolute atomic E-state index is 0.144. The zero-order chi connectivity index (χ0) is 31.4. The smallest absolute Gasteiger partial charge is 0.408 e. The third-order valence-electron chi connectivity index (χ3n) is 7.06. The molecular formula is C28H50N4O8S. The average molecular weight is 603 g/mol. The molecule has 13 heteroatoms. The van der Waals surface area contributed by atoms with E-state index in [1.54, 1.807) is 27.7 Å². The van der Waals surface area contributed by atoms with Crippen molar-refractivity contribution in [2.24, 2.45) is 17.6 Å². The van der Waals surface area contributed by atoms with Crippen LogP contribution in [0.3, 0.4) is 0 Å². The number of carbonyl (C=O) groups excluding carboxylic acids is 4. The molecule has 0 radical (unpaired) electrons. The number of likely N-dealkylation sites (tertiary alicyclic amines) is 1. The van der Waals surface area contributed by atoms with E-state index in [4.69, 9.17) is 15.6 Å². The van der Waals surface area contributed by atoms with E-state index in [9.17, 15) is 27.6 Å². The molecule has 0 spiro atoms. The Balaban J connectivity index is 0.000000387. The Morgan fingerprint density at radius 2 is 1.78 bits per heavy atom. The molecular weight excluding hydrogens is 552 g/mol. The molecule has 5 N–H and O–H groups in total. The molecule has 1 aliphatic heterocycles. The molecule has 3 unspecified atom stereocenters. The number of ether oxygens (including phenoxy) is 1. The lowest BCUT2D eigenvalue weighted by atomic mass is 10.2. The number of aliphatic hydroxyl groups excluding tert-OH is 1. The minimum Gasteiger partial charge on any atom is -0.444 e. The van der Waals surface area contributed by atoms with Crippen molar-refractivity contribution in [3.05, 3.63) is 12.2 Å². The highest BCUT2D eigenvalue weighted by Gasteiger charge is 2.52. The molecule has 2 saturated carbocycles. The molecule has 41 heavy (non-hydrogen) atoms. The summed E-state index contributed by atoms with van der Waals surface area (Å²) >= 11 is 0. The van der Waals surface area contributed by atoms with Crippen molar-refractivity contribution in [2.45, 2.75) is 109 Å². The van der Waals surface area contributed by atoms with Crippen LogP contribution in [0.25, 0.3) is 0 Å². The predicted molar refractivity (Wildman–Crippen MR) is 156 cm³/mol. The topological polar surface area (TPSA) is 185 Å². The van der Waals surface area contributed by atoms with Crippen LogP contribution in [0.1, 0.15) is 92.4 Å². The minimum atomic E-state index is -3.47. The number of nitrogens with two attached hydrogens (primary N) is 1. The average Bonchev–Trinajstić information content (AvgIpc) is 3.78. The van der Waals surface area contributed by atoms with Gasteiger partial charge in [-0.25, -0.2) is 13.2 Å². The monoisotopic (exact) mass is 602 g/mol. The van der Waals surface area contributed by atoms with Crippen LogP contribution in [-0.4, -0.2) is 78.8 Å². The number of primary amides is 1. The zero-order valence-corrected chi connectivity index (χ0v) is 26.2. The van der Waals surface area contributed by atoms with Crippen LogP contribution in [0.2, 0.25) is 0 Å². The number of amides is 4. The van der Waals surface area contributed by atoms with E-state index < -0.39 is 38.4 Å². The van der Waals surface area contributed by atoms with Gasteiger partial charge in [-0.1, -0.05) is 31.9 Å². The number of sulfonamides is 1. The summed E-state index contributed by atoms with van der Waals surface area (Å²) in [6.45, 7) is 9.36. The Hall–Kier alpha value is -2.67. The third-order valence-corrected chi connectivity index (χ3v) is 9.23. The number of alkyl carbamates (subject to hydrolysis) is 1. The molecule has 0 aromatic heterocycles. The van der Waals surface area contributed by atoms with Gasteiger partial charge in [0.2, 0.25) is 27.7 Å². The van der Waals surface area contributed by atoms with Gasteiger partial charge in [-0.15, -0.1) is 0 Å². The lowest BCUT2D eigenvalue weighted by Crippen LogP contribution is -2.48. The first-order valence-corrected chi connectivity index (χ1v) is 15.8. The maximum Gasteiger partial charge on any atom is 0.408 e. The molecule has 236 valence electrons. The lowest BCUT2D eigenvalue weighted by molar-refractivity contribution is -0.136. The third kappa shape index (κ3) is 12.4. The summed E-state index contributed by atoms with van der Waals surface area (Å²) < 4.78 is 30.5. The van der Waals surface area contributed by atoms with Gasteiger partial charge in [0.05, 0.1) is 4.75 Å². The molecule has 3 atom stereocenters. The summed E-state index contributed by atoms with van der Waals surface area (Å²) in [7, 11) is -2.47. The molecule has 1 saturated heterocycles. The molecule has 3 rings (SSSR count). The van der Waals surface area contributed by atoms with Gasteiger partial charge in [0.25, 0.3) is 0 Å². The van der Waals surface area contributed by atoms with Crippen LogP contribution in [0.5, 0.6) is 0 Å². The van der Waals surface area contributed by atoms with Crippen molar-refractivity contribution in [1.29, 1.82) is 0 Å². The Morgan fingerprint density at radius 1 is 1.15 bits per heavy atom. The van der Waals surface area contributed by atoms with E-state index in [-0.39, 0.29) is 30.2 Å². The summed E-state index contributed by atoms with van der Waals surface area (Å²) in [5.74, 6) is -1.06. The first-order chi connectivity index (χ1) is 19.1. The Morgan fingerprint density at radius 3 is 2.32 bits per heavy atom. The quantitative estimate of drug-likeness (QED) is 0.205. The molecule has 0 bridgehead atoms. The second-order valence-corrected chi connectivity index (χ2v) is 14.0. The number of allylic oxidation sites excluding steroid dienone is 2. The number of hydrogen-bond acceptors (Lipinski definition) is 8. The predicted octanol–water partition coefficient (Wildman–Crippen LogP) is 2.35. The Labute approximate surface area is 244 Å². The highest BCUT2D eigenvalue weighted by molar-refractivity contribution is 7.91. The Bertz CT molecular complexity index is 1030. The fourth-order valence-electron chi connectivity index (χ4n) is 4.21. The first-order valence-electron chi connectivity index (χ1n) is 14.3.